The molecule has 96 valence electrons. The molecule has 0 aromatic carbocycles. The summed E-state index contributed by atoms with van der Waals surface area (Å²) in [5.41, 5.74) is 0.427. The molecule has 0 saturated carbocycles. The molecular weight excluding hydrogens is 216 g/mol. The third kappa shape index (κ3) is 9.23. The molecule has 0 saturated heterocycles. The summed E-state index contributed by atoms with van der Waals surface area (Å²) >= 11 is 0. The van der Waals surface area contributed by atoms with Crippen molar-refractivity contribution in [2.24, 2.45) is 0 Å². The van der Waals surface area contributed by atoms with Crippen LogP contribution >= 0.6 is 0 Å². The molecule has 17 heavy (non-hydrogen) atoms. The molecule has 0 aliphatic rings. The van der Waals surface area contributed by atoms with Gasteiger partial charge in [0.25, 0.3) is 0 Å². The third-order valence-corrected chi connectivity index (χ3v) is 1.67. The number of hydrogen-bond donors (Lipinski definition) is 2. The minimum absolute atomic E-state index is 0.395. The van der Waals surface area contributed by atoms with E-state index >= 15 is 0 Å². The number of alkyl carbamates (subject to hydrolysis) is 1. The lowest BCUT2D eigenvalue weighted by Crippen LogP contribution is -2.33. The molecule has 0 fully saturated rings. The van der Waals surface area contributed by atoms with Gasteiger partial charge in [0.15, 0.2) is 0 Å². The Morgan fingerprint density at radius 1 is 1.41 bits per heavy atom. The van der Waals surface area contributed by atoms with E-state index in [9.17, 15) is 4.79 Å². The second kappa shape index (κ2) is 7.54. The van der Waals surface area contributed by atoms with Crippen molar-refractivity contribution in [2.75, 3.05) is 13.6 Å². The Labute approximate surface area is 103 Å². The molecule has 0 aromatic rings. The average molecular weight is 238 g/mol. The van der Waals surface area contributed by atoms with E-state index in [2.05, 4.69) is 17.2 Å². The van der Waals surface area contributed by atoms with E-state index in [0.29, 0.717) is 6.54 Å². The van der Waals surface area contributed by atoms with Gasteiger partial charge in [-0.15, -0.1) is 0 Å². The van der Waals surface area contributed by atoms with Crippen LogP contribution in [-0.4, -0.2) is 25.3 Å². The molecule has 0 aliphatic carbocycles. The first kappa shape index (κ1) is 15.3. The number of hydrogen-bond acceptors (Lipinski definition) is 3. The van der Waals surface area contributed by atoms with Crippen molar-refractivity contribution in [2.45, 2.75) is 26.4 Å². The van der Waals surface area contributed by atoms with Crippen molar-refractivity contribution in [3.8, 4) is 0 Å². The molecule has 0 bridgehead atoms. The predicted octanol–water partition coefficient (Wildman–Crippen LogP) is 2.36. The number of allylic oxidation sites excluding steroid dienone is 2. The normalized spacial score (nSPS) is 12.4. The van der Waals surface area contributed by atoms with Crippen LogP contribution in [0.4, 0.5) is 4.79 Å². The molecule has 0 aromatic heterocycles. The Bertz CT molecular complexity index is 312. The number of nitrogens with one attached hydrogen (secondary N) is 2. The maximum atomic E-state index is 11.4. The Hall–Kier alpha value is -1.71. The fourth-order valence-corrected chi connectivity index (χ4v) is 0.955. The summed E-state index contributed by atoms with van der Waals surface area (Å²) in [6.07, 6.45) is 6.76. The van der Waals surface area contributed by atoms with Crippen LogP contribution in [0.15, 0.2) is 36.6 Å². The van der Waals surface area contributed by atoms with Crippen molar-refractivity contribution in [3.05, 3.63) is 36.6 Å². The van der Waals surface area contributed by atoms with Gasteiger partial charge < -0.3 is 15.4 Å². The lowest BCUT2D eigenvalue weighted by atomic mass is 10.2. The van der Waals surface area contributed by atoms with Crippen LogP contribution in [0, 0.1) is 0 Å². The maximum Gasteiger partial charge on any atom is 0.407 e. The summed E-state index contributed by atoms with van der Waals surface area (Å²) < 4.78 is 5.12. The van der Waals surface area contributed by atoms with Gasteiger partial charge in [0, 0.05) is 13.6 Å². The lowest BCUT2D eigenvalue weighted by molar-refractivity contribution is 0.0533. The molecule has 0 heterocycles. The van der Waals surface area contributed by atoms with Crippen LogP contribution in [0.25, 0.3) is 0 Å². The molecule has 1 amide bonds. The second-order valence-electron chi connectivity index (χ2n) is 4.45. The van der Waals surface area contributed by atoms with E-state index in [0.717, 1.165) is 5.57 Å². The van der Waals surface area contributed by atoms with E-state index in [1.807, 2.05) is 40.0 Å². The van der Waals surface area contributed by atoms with E-state index < -0.39 is 11.7 Å². The highest BCUT2D eigenvalue weighted by Gasteiger charge is 2.15. The first-order valence-electron chi connectivity index (χ1n) is 5.51. The van der Waals surface area contributed by atoms with Crippen molar-refractivity contribution in [3.63, 3.8) is 0 Å². The monoisotopic (exact) mass is 238 g/mol. The number of ether oxygens (including phenoxy) is 1. The highest BCUT2D eigenvalue weighted by Crippen LogP contribution is 2.06. The van der Waals surface area contributed by atoms with Crippen LogP contribution in [0.5, 0.6) is 0 Å². The van der Waals surface area contributed by atoms with E-state index in [4.69, 9.17) is 4.74 Å². The van der Waals surface area contributed by atoms with Crippen LogP contribution in [0.3, 0.4) is 0 Å². The van der Waals surface area contributed by atoms with Crippen molar-refractivity contribution in [1.29, 1.82) is 0 Å². The zero-order chi connectivity index (χ0) is 13.3. The smallest absolute Gasteiger partial charge is 0.407 e. The summed E-state index contributed by atoms with van der Waals surface area (Å²) in [7, 11) is 1.82. The highest BCUT2D eigenvalue weighted by atomic mass is 16.6. The zero-order valence-corrected chi connectivity index (χ0v) is 11.0. The van der Waals surface area contributed by atoms with Gasteiger partial charge in [-0.2, -0.15) is 0 Å². The number of carbonyl (C=O) groups is 1. The number of rotatable bonds is 5. The second-order valence-corrected chi connectivity index (χ2v) is 4.45. The molecule has 2 N–H and O–H groups in total. The van der Waals surface area contributed by atoms with Crippen LogP contribution in [-0.2, 0) is 4.74 Å². The molecule has 4 nitrogen and oxygen atoms in total. The maximum absolute atomic E-state index is 11.4. The van der Waals surface area contributed by atoms with Crippen molar-refractivity contribution in [1.82, 2.24) is 10.6 Å². The Morgan fingerprint density at radius 3 is 2.53 bits per heavy atom. The standard InChI is InChI=1S/C13H22N2O2/c1-6-11(8-7-9-14-5)10-15-12(16)17-13(2,3)4/h6-9,14H,1,10H2,2-5H3,(H,15,16)/b9-7+,11-8+. The first-order valence-corrected chi connectivity index (χ1v) is 5.51. The number of carbonyl (C=O) groups excluding carboxylic acids is 1. The van der Waals surface area contributed by atoms with Gasteiger partial charge in [-0.3, -0.25) is 0 Å². The summed E-state index contributed by atoms with van der Waals surface area (Å²) in [5.74, 6) is 0. The molecular formula is C13H22N2O2. The van der Waals surface area contributed by atoms with E-state index in [1.165, 1.54) is 0 Å². The van der Waals surface area contributed by atoms with Crippen molar-refractivity contribution >= 4 is 6.09 Å². The minimum Gasteiger partial charge on any atom is -0.444 e. The van der Waals surface area contributed by atoms with E-state index in [-0.39, 0.29) is 0 Å². The Balaban J connectivity index is 4.16. The quantitative estimate of drug-likeness (QED) is 0.723. The molecule has 4 heteroatoms. The zero-order valence-electron chi connectivity index (χ0n) is 11.0. The molecule has 0 unspecified atom stereocenters. The highest BCUT2D eigenvalue weighted by molar-refractivity contribution is 5.68. The number of amides is 1. The van der Waals surface area contributed by atoms with Gasteiger partial charge in [-0.25, -0.2) is 4.79 Å². The largest absolute Gasteiger partial charge is 0.444 e. The molecule has 0 atom stereocenters. The molecule has 0 aliphatic heterocycles. The van der Waals surface area contributed by atoms with Gasteiger partial charge in [0.2, 0.25) is 0 Å². The van der Waals surface area contributed by atoms with Gasteiger partial charge in [-0.05, 0) is 38.6 Å². The summed E-state index contributed by atoms with van der Waals surface area (Å²) in [4.78, 5) is 11.4. The summed E-state index contributed by atoms with van der Waals surface area (Å²) in [6.45, 7) is 9.55. The minimum atomic E-state index is -0.478. The van der Waals surface area contributed by atoms with Gasteiger partial charge in [0.05, 0.1) is 0 Å². The lowest BCUT2D eigenvalue weighted by Gasteiger charge is -2.19. The Kier molecular flexibility index (Phi) is 6.79. The molecule has 0 spiro atoms. The molecule has 0 radical (unpaired) electrons. The average Bonchev–Trinajstić information content (AvgIpc) is 2.20. The summed E-state index contributed by atoms with van der Waals surface area (Å²) in [5, 5.41) is 5.53. The SMILES string of the molecule is C=C/C(=C\C=C\NC)CNC(=O)OC(C)(C)C. The van der Waals surface area contributed by atoms with E-state index in [1.54, 1.807) is 12.3 Å². The Morgan fingerprint density at radius 2 is 2.06 bits per heavy atom. The van der Waals surface area contributed by atoms with Crippen LogP contribution < -0.4 is 10.6 Å². The molecule has 0 rings (SSSR count). The van der Waals surface area contributed by atoms with Crippen molar-refractivity contribution < 1.29 is 9.53 Å². The predicted molar refractivity (Wildman–Crippen MR) is 70.7 cm³/mol. The topological polar surface area (TPSA) is 50.4 Å². The van der Waals surface area contributed by atoms with Crippen LogP contribution in [0.2, 0.25) is 0 Å². The first-order chi connectivity index (χ1) is 7.89. The van der Waals surface area contributed by atoms with Gasteiger partial charge >= 0.3 is 6.09 Å². The fourth-order valence-electron chi connectivity index (χ4n) is 0.955. The van der Waals surface area contributed by atoms with Gasteiger partial charge in [0.1, 0.15) is 5.60 Å². The third-order valence-electron chi connectivity index (χ3n) is 1.67. The van der Waals surface area contributed by atoms with Crippen LogP contribution in [0.1, 0.15) is 20.8 Å². The van der Waals surface area contributed by atoms with Gasteiger partial charge in [-0.1, -0.05) is 18.7 Å². The summed E-state index contributed by atoms with van der Waals surface area (Å²) in [6, 6.07) is 0. The fraction of sp³-hybridized carbons (Fsp3) is 0.462.